The van der Waals surface area contributed by atoms with Crippen LogP contribution in [0.4, 0.5) is 24.7 Å². The van der Waals surface area contributed by atoms with Crippen molar-refractivity contribution in [3.63, 3.8) is 0 Å². The third-order valence-electron chi connectivity index (χ3n) is 5.23. The van der Waals surface area contributed by atoms with Crippen molar-refractivity contribution in [2.24, 2.45) is 0 Å². The number of rotatable bonds is 6. The number of aryl methyl sites for hydroxylation is 1. The molecule has 0 bridgehead atoms. The van der Waals surface area contributed by atoms with Gasteiger partial charge in [0.2, 0.25) is 0 Å². The topological polar surface area (TPSA) is 103 Å². The van der Waals surface area contributed by atoms with Gasteiger partial charge in [-0.15, -0.1) is 0 Å². The van der Waals surface area contributed by atoms with Crippen LogP contribution in [0.15, 0.2) is 30.3 Å². The van der Waals surface area contributed by atoms with Crippen molar-refractivity contribution in [1.29, 1.82) is 0 Å². The molecule has 10 heteroatoms. The van der Waals surface area contributed by atoms with Crippen LogP contribution in [0.1, 0.15) is 36.3 Å². The number of anilines is 2. The summed E-state index contributed by atoms with van der Waals surface area (Å²) in [7, 11) is 1.50. The summed E-state index contributed by atoms with van der Waals surface area (Å²) < 4.78 is 50.8. The second-order valence-electron chi connectivity index (χ2n) is 7.85. The molecule has 1 aromatic heterocycles. The van der Waals surface area contributed by atoms with E-state index in [0.29, 0.717) is 46.0 Å². The number of methoxy groups -OCH3 is 1. The third-order valence-corrected chi connectivity index (χ3v) is 5.23. The molecule has 1 fully saturated rings. The molecular weight excluding hydrogens is 425 g/mol. The van der Waals surface area contributed by atoms with E-state index in [0.717, 1.165) is 12.1 Å². The highest BCUT2D eigenvalue weighted by molar-refractivity contribution is 5.92. The molecule has 0 radical (unpaired) electrons. The van der Waals surface area contributed by atoms with Crippen LogP contribution in [0, 0.1) is 6.92 Å². The summed E-state index contributed by atoms with van der Waals surface area (Å²) in [6.45, 7) is 3.44. The Kier molecular flexibility index (Phi) is 5.49. The van der Waals surface area contributed by atoms with E-state index in [4.69, 9.17) is 15.2 Å². The van der Waals surface area contributed by atoms with E-state index >= 15 is 0 Å². The average molecular weight is 448 g/mol. The lowest BCUT2D eigenvalue weighted by atomic mass is 10.0. The fraction of sp³-hybridized carbons (Fsp3) is 0.364. The first-order valence-electron chi connectivity index (χ1n) is 10.0. The molecule has 7 nitrogen and oxygen atoms in total. The Morgan fingerprint density at radius 3 is 2.50 bits per heavy atom. The first-order chi connectivity index (χ1) is 15.0. The van der Waals surface area contributed by atoms with Gasteiger partial charge in [0.25, 0.3) is 0 Å². The fourth-order valence-corrected chi connectivity index (χ4v) is 3.44. The van der Waals surface area contributed by atoms with E-state index < -0.39 is 23.9 Å². The standard InChI is InChI=1S/C22H23F3N4O3/c1-10(12-4-13(22(23,24)25)6-14(26)5-12)27-21-15-7-20(32-18-9-17(18)30)19(31-3)8-16(15)28-11(2)29-21/h4-8,10,17-18,30H,9,26H2,1-3H3,(H,27,28,29)/t10-,17?,18?/m1/s1. The van der Waals surface area contributed by atoms with Gasteiger partial charge in [0, 0.05) is 23.6 Å². The van der Waals surface area contributed by atoms with Gasteiger partial charge in [0.15, 0.2) is 11.5 Å². The highest BCUT2D eigenvalue weighted by atomic mass is 19.4. The van der Waals surface area contributed by atoms with Gasteiger partial charge in [0.05, 0.1) is 30.3 Å². The molecule has 170 valence electrons. The van der Waals surface area contributed by atoms with Crippen LogP contribution in [0.2, 0.25) is 0 Å². The van der Waals surface area contributed by atoms with Crippen molar-refractivity contribution < 1.29 is 27.8 Å². The highest BCUT2D eigenvalue weighted by Gasteiger charge is 2.38. The average Bonchev–Trinajstić information content (AvgIpc) is 3.41. The Morgan fingerprint density at radius 1 is 1.16 bits per heavy atom. The Hall–Kier alpha value is -3.27. The van der Waals surface area contributed by atoms with E-state index in [1.807, 2.05) is 0 Å². The Morgan fingerprint density at radius 2 is 1.88 bits per heavy atom. The maximum atomic E-state index is 13.2. The van der Waals surface area contributed by atoms with Crippen molar-refractivity contribution in [2.45, 2.75) is 44.7 Å². The largest absolute Gasteiger partial charge is 0.493 e. The number of hydrogen-bond donors (Lipinski definition) is 3. The van der Waals surface area contributed by atoms with Gasteiger partial charge in [-0.2, -0.15) is 13.2 Å². The molecule has 3 atom stereocenters. The molecule has 4 N–H and O–H groups in total. The van der Waals surface area contributed by atoms with Gasteiger partial charge in [0.1, 0.15) is 17.7 Å². The first kappa shape index (κ1) is 21.9. The number of ether oxygens (including phenoxy) is 2. The van der Waals surface area contributed by atoms with Gasteiger partial charge >= 0.3 is 6.18 Å². The summed E-state index contributed by atoms with van der Waals surface area (Å²) in [6.07, 6.45) is -4.80. The van der Waals surface area contributed by atoms with E-state index in [-0.39, 0.29) is 11.8 Å². The number of hydrogen-bond acceptors (Lipinski definition) is 7. The molecule has 32 heavy (non-hydrogen) atoms. The molecule has 0 spiro atoms. The number of nitrogen functional groups attached to an aromatic ring is 1. The number of benzene rings is 2. The molecule has 4 rings (SSSR count). The molecule has 0 aliphatic heterocycles. The van der Waals surface area contributed by atoms with Crippen molar-refractivity contribution >= 4 is 22.4 Å². The lowest BCUT2D eigenvalue weighted by Gasteiger charge is -2.19. The van der Waals surface area contributed by atoms with Crippen LogP contribution in [0.3, 0.4) is 0 Å². The molecule has 1 saturated carbocycles. The molecule has 1 heterocycles. The smallest absolute Gasteiger partial charge is 0.416 e. The summed E-state index contributed by atoms with van der Waals surface area (Å²) in [4.78, 5) is 8.88. The zero-order chi connectivity index (χ0) is 23.2. The molecule has 3 aromatic rings. The molecule has 2 aromatic carbocycles. The number of aliphatic hydroxyl groups is 1. The second kappa shape index (κ2) is 8.01. The number of nitrogens with two attached hydrogens (primary N) is 1. The fourth-order valence-electron chi connectivity index (χ4n) is 3.44. The number of alkyl halides is 3. The minimum absolute atomic E-state index is 0.0237. The SMILES string of the molecule is COc1cc2nc(C)nc(N[C@H](C)c3cc(N)cc(C(F)(F)F)c3)c2cc1OC1CC1O. The highest BCUT2D eigenvalue weighted by Crippen LogP contribution is 2.39. The zero-order valence-corrected chi connectivity index (χ0v) is 17.7. The maximum absolute atomic E-state index is 13.2. The second-order valence-corrected chi connectivity index (χ2v) is 7.85. The minimum atomic E-state index is -4.50. The van der Waals surface area contributed by atoms with Gasteiger partial charge in [-0.05, 0) is 43.7 Å². The van der Waals surface area contributed by atoms with Crippen molar-refractivity contribution in [3.8, 4) is 11.5 Å². The quantitative estimate of drug-likeness (QED) is 0.485. The van der Waals surface area contributed by atoms with E-state index in [2.05, 4.69) is 15.3 Å². The molecular formula is C22H23F3N4O3. The van der Waals surface area contributed by atoms with Crippen LogP contribution in [-0.4, -0.2) is 34.4 Å². The third kappa shape index (κ3) is 4.50. The maximum Gasteiger partial charge on any atom is 0.416 e. The zero-order valence-electron chi connectivity index (χ0n) is 17.7. The van der Waals surface area contributed by atoms with E-state index in [9.17, 15) is 18.3 Å². The van der Waals surface area contributed by atoms with Gasteiger partial charge in [-0.1, -0.05) is 0 Å². The van der Waals surface area contributed by atoms with Gasteiger partial charge in [-0.3, -0.25) is 0 Å². The number of nitrogens with one attached hydrogen (secondary N) is 1. The molecule has 1 aliphatic carbocycles. The lowest BCUT2D eigenvalue weighted by Crippen LogP contribution is -2.13. The monoisotopic (exact) mass is 448 g/mol. The predicted octanol–water partition coefficient (Wildman–Crippen LogP) is 4.23. The number of aromatic nitrogens is 2. The Balaban J connectivity index is 1.72. The molecule has 0 amide bonds. The summed E-state index contributed by atoms with van der Waals surface area (Å²) in [6, 6.07) is 6.34. The summed E-state index contributed by atoms with van der Waals surface area (Å²) >= 11 is 0. The number of aliphatic hydroxyl groups excluding tert-OH is 1. The van der Waals surface area contributed by atoms with Crippen LogP contribution >= 0.6 is 0 Å². The van der Waals surface area contributed by atoms with Crippen LogP contribution in [0.25, 0.3) is 10.9 Å². The molecule has 0 saturated heterocycles. The Labute approximate surface area is 182 Å². The number of halogens is 3. The summed E-state index contributed by atoms with van der Waals surface area (Å²) in [5.74, 6) is 1.79. The van der Waals surface area contributed by atoms with Gasteiger partial charge in [-0.25, -0.2) is 9.97 Å². The van der Waals surface area contributed by atoms with E-state index in [1.54, 1.807) is 26.0 Å². The van der Waals surface area contributed by atoms with Crippen molar-refractivity contribution in [3.05, 3.63) is 47.3 Å². The van der Waals surface area contributed by atoms with Crippen LogP contribution in [-0.2, 0) is 6.18 Å². The summed E-state index contributed by atoms with van der Waals surface area (Å²) in [5.41, 5.74) is 5.87. The van der Waals surface area contributed by atoms with Gasteiger partial charge < -0.3 is 25.6 Å². The van der Waals surface area contributed by atoms with Crippen LogP contribution < -0.4 is 20.5 Å². The number of fused-ring (bicyclic) bond motifs is 1. The first-order valence-corrected chi connectivity index (χ1v) is 10.0. The number of nitrogens with zero attached hydrogens (tertiary/aromatic N) is 2. The Bertz CT molecular complexity index is 1170. The minimum Gasteiger partial charge on any atom is -0.493 e. The molecule has 2 unspecified atom stereocenters. The summed E-state index contributed by atoms with van der Waals surface area (Å²) in [5, 5.41) is 13.4. The van der Waals surface area contributed by atoms with Crippen molar-refractivity contribution in [1.82, 2.24) is 9.97 Å². The predicted molar refractivity (Wildman–Crippen MR) is 114 cm³/mol. The van der Waals surface area contributed by atoms with E-state index in [1.165, 1.54) is 13.2 Å². The van der Waals surface area contributed by atoms with Crippen LogP contribution in [0.5, 0.6) is 11.5 Å². The normalized spacial score (nSPS) is 19.0. The lowest BCUT2D eigenvalue weighted by molar-refractivity contribution is -0.137. The molecule has 1 aliphatic rings. The van der Waals surface area contributed by atoms with Crippen molar-refractivity contribution in [2.75, 3.05) is 18.2 Å².